The molecule has 94 valence electrons. The van der Waals surface area contributed by atoms with Crippen LogP contribution in [-0.2, 0) is 6.54 Å². The van der Waals surface area contributed by atoms with Crippen LogP contribution in [0.15, 0.2) is 66.7 Å². The first-order chi connectivity index (χ1) is 9.38. The Labute approximate surface area is 112 Å². The van der Waals surface area contributed by atoms with Crippen LogP contribution in [-0.4, -0.2) is 9.78 Å². The second-order valence-corrected chi connectivity index (χ2v) is 4.34. The molecule has 2 aromatic carbocycles. The lowest BCUT2D eigenvalue weighted by Crippen LogP contribution is -2.01. The van der Waals surface area contributed by atoms with E-state index in [9.17, 15) is 0 Å². The first-order valence-corrected chi connectivity index (χ1v) is 6.28. The van der Waals surface area contributed by atoms with Gasteiger partial charge in [0.15, 0.2) is 0 Å². The molecular formula is C16H15N3. The average Bonchev–Trinajstić information content (AvgIpc) is 2.93. The summed E-state index contributed by atoms with van der Waals surface area (Å²) in [5.74, 6) is 0. The standard InChI is InChI=1S/C16H15N3/c17-12-14-11-16(13-7-3-1-4-8-13)19(18-14)15-9-5-2-6-10-15/h1-11H,12,17H2. The Bertz CT molecular complexity index is 600. The Balaban J connectivity index is 2.17. The van der Waals surface area contributed by atoms with Crippen LogP contribution in [0.1, 0.15) is 5.69 Å². The summed E-state index contributed by atoms with van der Waals surface area (Å²) in [4.78, 5) is 0. The van der Waals surface area contributed by atoms with Crippen LogP contribution in [0.5, 0.6) is 0 Å². The molecule has 0 radical (unpaired) electrons. The molecule has 3 heteroatoms. The zero-order valence-corrected chi connectivity index (χ0v) is 10.5. The van der Waals surface area contributed by atoms with Crippen molar-refractivity contribution in [3.63, 3.8) is 0 Å². The number of nitrogens with zero attached hydrogens (tertiary/aromatic N) is 2. The number of para-hydroxylation sites is 1. The molecule has 0 saturated heterocycles. The topological polar surface area (TPSA) is 43.8 Å². The molecule has 0 aliphatic carbocycles. The Morgan fingerprint density at radius 3 is 2.16 bits per heavy atom. The molecule has 0 atom stereocenters. The van der Waals surface area contributed by atoms with E-state index in [-0.39, 0.29) is 0 Å². The SMILES string of the molecule is NCc1cc(-c2ccccc2)n(-c2ccccc2)n1. The van der Waals surface area contributed by atoms with Crippen LogP contribution in [0.4, 0.5) is 0 Å². The van der Waals surface area contributed by atoms with E-state index in [0.717, 1.165) is 22.6 Å². The Morgan fingerprint density at radius 1 is 0.895 bits per heavy atom. The van der Waals surface area contributed by atoms with Crippen LogP contribution in [0.2, 0.25) is 0 Å². The highest BCUT2D eigenvalue weighted by Crippen LogP contribution is 2.23. The van der Waals surface area contributed by atoms with Gasteiger partial charge in [-0.05, 0) is 18.2 Å². The van der Waals surface area contributed by atoms with Gasteiger partial charge in [-0.1, -0.05) is 48.5 Å². The van der Waals surface area contributed by atoms with E-state index in [2.05, 4.69) is 17.2 Å². The summed E-state index contributed by atoms with van der Waals surface area (Å²) in [5, 5.41) is 4.57. The molecular weight excluding hydrogens is 234 g/mol. The molecule has 0 fully saturated rings. The second kappa shape index (κ2) is 5.08. The van der Waals surface area contributed by atoms with Crippen LogP contribution in [0, 0.1) is 0 Å². The molecule has 3 rings (SSSR count). The summed E-state index contributed by atoms with van der Waals surface area (Å²) in [7, 11) is 0. The van der Waals surface area contributed by atoms with Gasteiger partial charge < -0.3 is 5.73 Å². The maximum atomic E-state index is 5.71. The van der Waals surface area contributed by atoms with Gasteiger partial charge in [-0.3, -0.25) is 0 Å². The lowest BCUT2D eigenvalue weighted by Gasteiger charge is -2.07. The number of nitrogens with two attached hydrogens (primary N) is 1. The molecule has 19 heavy (non-hydrogen) atoms. The normalized spacial score (nSPS) is 10.6. The van der Waals surface area contributed by atoms with E-state index in [1.54, 1.807) is 0 Å². The maximum Gasteiger partial charge on any atom is 0.0771 e. The summed E-state index contributed by atoms with van der Waals surface area (Å²) >= 11 is 0. The van der Waals surface area contributed by atoms with Crippen molar-refractivity contribution in [1.29, 1.82) is 0 Å². The lowest BCUT2D eigenvalue weighted by atomic mass is 10.1. The van der Waals surface area contributed by atoms with Crippen LogP contribution < -0.4 is 5.73 Å². The highest BCUT2D eigenvalue weighted by molar-refractivity contribution is 5.62. The minimum absolute atomic E-state index is 0.444. The largest absolute Gasteiger partial charge is 0.325 e. The minimum atomic E-state index is 0.444. The molecule has 0 bridgehead atoms. The van der Waals surface area contributed by atoms with Gasteiger partial charge in [0.1, 0.15) is 0 Å². The number of benzene rings is 2. The molecule has 2 N–H and O–H groups in total. The van der Waals surface area contributed by atoms with Crippen molar-refractivity contribution >= 4 is 0 Å². The summed E-state index contributed by atoms with van der Waals surface area (Å²) in [6, 6.07) is 22.4. The lowest BCUT2D eigenvalue weighted by molar-refractivity contribution is 0.838. The van der Waals surface area contributed by atoms with Crippen LogP contribution in [0.3, 0.4) is 0 Å². The van der Waals surface area contributed by atoms with Crippen molar-refractivity contribution in [1.82, 2.24) is 9.78 Å². The van der Waals surface area contributed by atoms with Crippen LogP contribution >= 0.6 is 0 Å². The van der Waals surface area contributed by atoms with Gasteiger partial charge in [0.05, 0.1) is 17.1 Å². The number of rotatable bonds is 3. The van der Waals surface area contributed by atoms with E-state index in [1.807, 2.05) is 59.3 Å². The first-order valence-electron chi connectivity index (χ1n) is 6.28. The van der Waals surface area contributed by atoms with E-state index >= 15 is 0 Å². The van der Waals surface area contributed by atoms with Gasteiger partial charge in [0.2, 0.25) is 0 Å². The van der Waals surface area contributed by atoms with Crippen molar-refractivity contribution in [3.8, 4) is 16.9 Å². The average molecular weight is 249 g/mol. The highest BCUT2D eigenvalue weighted by Gasteiger charge is 2.10. The van der Waals surface area contributed by atoms with Gasteiger partial charge in [0, 0.05) is 12.1 Å². The third-order valence-corrected chi connectivity index (χ3v) is 3.04. The van der Waals surface area contributed by atoms with Gasteiger partial charge in [0.25, 0.3) is 0 Å². The zero-order chi connectivity index (χ0) is 13.1. The van der Waals surface area contributed by atoms with Crippen molar-refractivity contribution < 1.29 is 0 Å². The van der Waals surface area contributed by atoms with E-state index < -0.39 is 0 Å². The second-order valence-electron chi connectivity index (χ2n) is 4.34. The fourth-order valence-electron chi connectivity index (χ4n) is 2.11. The van der Waals surface area contributed by atoms with Gasteiger partial charge >= 0.3 is 0 Å². The molecule has 0 amide bonds. The maximum absolute atomic E-state index is 5.71. The molecule has 0 aliphatic heterocycles. The smallest absolute Gasteiger partial charge is 0.0771 e. The molecule has 0 aliphatic rings. The Kier molecular flexibility index (Phi) is 3.12. The summed E-state index contributed by atoms with van der Waals surface area (Å²) in [6.45, 7) is 0.444. The molecule has 3 nitrogen and oxygen atoms in total. The molecule has 0 saturated carbocycles. The van der Waals surface area contributed by atoms with E-state index in [0.29, 0.717) is 6.54 Å². The molecule has 1 heterocycles. The van der Waals surface area contributed by atoms with Gasteiger partial charge in [-0.15, -0.1) is 0 Å². The fraction of sp³-hybridized carbons (Fsp3) is 0.0625. The minimum Gasteiger partial charge on any atom is -0.325 e. The van der Waals surface area contributed by atoms with E-state index in [4.69, 9.17) is 5.73 Å². The predicted molar refractivity (Wildman–Crippen MR) is 76.9 cm³/mol. The predicted octanol–water partition coefficient (Wildman–Crippen LogP) is 3.00. The quantitative estimate of drug-likeness (QED) is 0.775. The molecule has 0 spiro atoms. The number of aromatic nitrogens is 2. The van der Waals surface area contributed by atoms with Crippen molar-refractivity contribution in [2.75, 3.05) is 0 Å². The monoisotopic (exact) mass is 249 g/mol. The Morgan fingerprint density at radius 2 is 1.53 bits per heavy atom. The summed E-state index contributed by atoms with van der Waals surface area (Å²) in [5.41, 5.74) is 9.85. The van der Waals surface area contributed by atoms with Crippen molar-refractivity contribution in [2.45, 2.75) is 6.54 Å². The van der Waals surface area contributed by atoms with Crippen molar-refractivity contribution in [2.24, 2.45) is 5.73 Å². The summed E-state index contributed by atoms with van der Waals surface area (Å²) in [6.07, 6.45) is 0. The highest BCUT2D eigenvalue weighted by atomic mass is 15.3. The van der Waals surface area contributed by atoms with Gasteiger partial charge in [-0.25, -0.2) is 4.68 Å². The molecule has 3 aromatic rings. The molecule has 1 aromatic heterocycles. The van der Waals surface area contributed by atoms with Crippen LogP contribution in [0.25, 0.3) is 16.9 Å². The van der Waals surface area contributed by atoms with Gasteiger partial charge in [-0.2, -0.15) is 5.10 Å². The number of hydrogen-bond donors (Lipinski definition) is 1. The third kappa shape index (κ3) is 2.28. The fourth-order valence-corrected chi connectivity index (χ4v) is 2.11. The van der Waals surface area contributed by atoms with E-state index in [1.165, 1.54) is 0 Å². The third-order valence-electron chi connectivity index (χ3n) is 3.04. The summed E-state index contributed by atoms with van der Waals surface area (Å²) < 4.78 is 1.94. The number of hydrogen-bond acceptors (Lipinski definition) is 2. The Hall–Kier alpha value is -2.39. The van der Waals surface area contributed by atoms with Crippen molar-refractivity contribution in [3.05, 3.63) is 72.4 Å². The zero-order valence-electron chi connectivity index (χ0n) is 10.5. The molecule has 0 unspecified atom stereocenters. The first kappa shape index (κ1) is 11.7.